The Morgan fingerprint density at radius 1 is 1.27 bits per heavy atom. The van der Waals surface area contributed by atoms with Crippen LogP contribution >= 0.6 is 0 Å². The monoisotopic (exact) mass is 328 g/mol. The van der Waals surface area contributed by atoms with Crippen LogP contribution in [-0.2, 0) is 9.59 Å². The van der Waals surface area contributed by atoms with E-state index < -0.39 is 24.2 Å². The first-order valence-corrected chi connectivity index (χ1v) is 2.43. The number of hydrogen-bond acceptors (Lipinski definition) is 2. The molecule has 0 atom stereocenters. The van der Waals surface area contributed by atoms with Crippen molar-refractivity contribution in [2.45, 2.75) is 19.5 Å². The summed E-state index contributed by atoms with van der Waals surface area (Å²) in [6.45, 7) is 0.934. The number of carbonyl (C=O) groups excluding carboxylic acids is 2. The Hall–Kier alpha value is 0.649. The van der Waals surface area contributed by atoms with Crippen LogP contribution in [0.3, 0.4) is 0 Å². The smallest absolute Gasteiger partial charge is 0.300 e. The molecule has 0 aliphatic heterocycles. The molecular weight excluding hydrogens is 322 g/mol. The Morgan fingerprint density at radius 2 is 1.64 bits per heavy atom. The summed E-state index contributed by atoms with van der Waals surface area (Å²) in [7, 11) is 0. The van der Waals surface area contributed by atoms with Gasteiger partial charge in [0.15, 0.2) is 0 Å². The predicted molar refractivity (Wildman–Crippen MR) is 26.4 cm³/mol. The van der Waals surface area contributed by atoms with Crippen LogP contribution in [0.5, 0.6) is 0 Å². The standard InChI is InChI=1S/C5H5F3O2.Yb/c1-3(9)2-4(10)5(6,7)8;/h2H2,1H3;. The van der Waals surface area contributed by atoms with Gasteiger partial charge in [-0.3, -0.25) is 9.59 Å². The molecule has 2 nitrogen and oxygen atoms in total. The van der Waals surface area contributed by atoms with Crippen molar-refractivity contribution >= 4 is 11.6 Å². The van der Waals surface area contributed by atoms with Crippen LogP contribution in [0.15, 0.2) is 0 Å². The molecule has 0 radical (unpaired) electrons. The molecule has 0 amide bonds. The number of halogens is 3. The Labute approximate surface area is 99.8 Å². The zero-order valence-electron chi connectivity index (χ0n) is 5.42. The van der Waals surface area contributed by atoms with E-state index >= 15 is 0 Å². The van der Waals surface area contributed by atoms with Gasteiger partial charge in [-0.25, -0.2) is 0 Å². The molecule has 0 aliphatic carbocycles. The predicted octanol–water partition coefficient (Wildman–Crippen LogP) is 1.10. The maximum atomic E-state index is 11.3. The summed E-state index contributed by atoms with van der Waals surface area (Å²) < 4.78 is 33.9. The summed E-state index contributed by atoms with van der Waals surface area (Å²) in [6.07, 6.45) is -5.92. The van der Waals surface area contributed by atoms with Gasteiger partial charge < -0.3 is 0 Å². The van der Waals surface area contributed by atoms with E-state index in [2.05, 4.69) is 0 Å². The van der Waals surface area contributed by atoms with Gasteiger partial charge in [0.1, 0.15) is 5.78 Å². The average molecular weight is 327 g/mol. The number of carbonyl (C=O) groups is 2. The molecule has 0 unspecified atom stereocenters. The van der Waals surface area contributed by atoms with Crippen LogP contribution in [0.4, 0.5) is 13.2 Å². The Kier molecular flexibility index (Phi) is 6.87. The summed E-state index contributed by atoms with van der Waals surface area (Å²) in [5.74, 6) is -2.76. The van der Waals surface area contributed by atoms with Gasteiger partial charge in [0.05, 0.1) is 6.42 Å². The number of Topliss-reactive ketones (excluding diaryl/α,β-unsaturated/α-hetero) is 2. The SMILES string of the molecule is CC(=O)CC(=O)C(F)(F)F.[Yb]. The summed E-state index contributed by atoms with van der Waals surface area (Å²) >= 11 is 0. The fourth-order valence-corrected chi connectivity index (χ4v) is 0.326. The van der Waals surface area contributed by atoms with Crippen molar-refractivity contribution in [3.63, 3.8) is 0 Å². The minimum Gasteiger partial charge on any atom is -0.300 e. The number of alkyl halides is 3. The number of hydrogen-bond donors (Lipinski definition) is 0. The van der Waals surface area contributed by atoms with Gasteiger partial charge in [-0.1, -0.05) is 0 Å². The Morgan fingerprint density at radius 3 is 1.73 bits per heavy atom. The second kappa shape index (κ2) is 5.32. The summed E-state index contributed by atoms with van der Waals surface area (Å²) in [5, 5.41) is 0. The van der Waals surface area contributed by atoms with Crippen LogP contribution in [0.2, 0.25) is 0 Å². The second-order valence-corrected chi connectivity index (χ2v) is 1.80. The van der Waals surface area contributed by atoms with E-state index in [1.807, 2.05) is 0 Å². The maximum absolute atomic E-state index is 11.3. The molecule has 0 saturated heterocycles. The zero-order chi connectivity index (χ0) is 8.36. The molecule has 0 aromatic carbocycles. The summed E-state index contributed by atoms with van der Waals surface area (Å²) in [4.78, 5) is 19.9. The van der Waals surface area contributed by atoms with Crippen molar-refractivity contribution in [2.24, 2.45) is 0 Å². The molecule has 0 aromatic heterocycles. The van der Waals surface area contributed by atoms with Gasteiger partial charge in [-0.2, -0.15) is 13.2 Å². The molecule has 0 aliphatic rings. The molecular formula is C5H5F3O2Yb. The van der Waals surface area contributed by atoms with E-state index in [1.54, 1.807) is 0 Å². The minimum absolute atomic E-state index is 0. The first kappa shape index (κ1) is 14.2. The van der Waals surface area contributed by atoms with Gasteiger partial charge >= 0.3 is 6.18 Å². The van der Waals surface area contributed by atoms with Crippen LogP contribution in [0.1, 0.15) is 13.3 Å². The first-order valence-electron chi connectivity index (χ1n) is 2.43. The third-order valence-electron chi connectivity index (χ3n) is 0.726. The Bertz CT molecular complexity index is 164. The topological polar surface area (TPSA) is 34.1 Å². The van der Waals surface area contributed by atoms with Gasteiger partial charge in [-0.15, -0.1) is 0 Å². The fraction of sp³-hybridized carbons (Fsp3) is 0.600. The Balaban J connectivity index is 0. The van der Waals surface area contributed by atoms with Crippen molar-refractivity contribution in [1.82, 2.24) is 0 Å². The first-order chi connectivity index (χ1) is 4.34. The number of rotatable bonds is 2. The summed E-state index contributed by atoms with van der Waals surface area (Å²) in [5.41, 5.74) is 0. The molecule has 0 spiro atoms. The largest absolute Gasteiger partial charge is 0.450 e. The molecule has 11 heavy (non-hydrogen) atoms. The van der Waals surface area contributed by atoms with E-state index in [0.717, 1.165) is 6.92 Å². The summed E-state index contributed by atoms with van der Waals surface area (Å²) in [6, 6.07) is 0. The zero-order valence-corrected chi connectivity index (χ0v) is 7.14. The molecule has 0 rings (SSSR count). The normalized spacial score (nSPS) is 10.2. The van der Waals surface area contributed by atoms with Gasteiger partial charge in [-0.05, 0) is 6.92 Å². The maximum Gasteiger partial charge on any atom is 0.450 e. The van der Waals surface area contributed by atoms with Crippen molar-refractivity contribution in [3.05, 3.63) is 0 Å². The van der Waals surface area contributed by atoms with Crippen molar-refractivity contribution in [3.8, 4) is 0 Å². The molecule has 0 aromatic rings. The van der Waals surface area contributed by atoms with E-state index in [-0.39, 0.29) is 46.9 Å². The second-order valence-electron chi connectivity index (χ2n) is 1.80. The van der Waals surface area contributed by atoms with E-state index in [9.17, 15) is 22.8 Å². The molecule has 0 N–H and O–H groups in total. The third-order valence-corrected chi connectivity index (χ3v) is 0.726. The van der Waals surface area contributed by atoms with Crippen molar-refractivity contribution < 1.29 is 69.7 Å². The fourth-order valence-electron chi connectivity index (χ4n) is 0.326. The molecule has 0 heterocycles. The van der Waals surface area contributed by atoms with Crippen LogP contribution in [0.25, 0.3) is 0 Å². The third kappa shape index (κ3) is 7.03. The quantitative estimate of drug-likeness (QED) is 0.712. The van der Waals surface area contributed by atoms with Crippen LogP contribution in [-0.4, -0.2) is 17.7 Å². The van der Waals surface area contributed by atoms with Gasteiger partial charge in [0.25, 0.3) is 0 Å². The average Bonchev–Trinajstić information content (AvgIpc) is 1.60. The number of ketones is 2. The molecule has 6 heteroatoms. The van der Waals surface area contributed by atoms with E-state index in [0.29, 0.717) is 0 Å². The van der Waals surface area contributed by atoms with E-state index in [1.165, 1.54) is 0 Å². The minimum atomic E-state index is -4.87. The molecule has 0 fully saturated rings. The molecule has 72 valence electrons. The van der Waals surface area contributed by atoms with Gasteiger partial charge in [0.2, 0.25) is 5.78 Å². The van der Waals surface area contributed by atoms with Crippen molar-refractivity contribution in [1.29, 1.82) is 0 Å². The van der Waals surface area contributed by atoms with E-state index in [4.69, 9.17) is 0 Å². The molecule has 0 saturated carbocycles. The van der Waals surface area contributed by atoms with Crippen molar-refractivity contribution in [2.75, 3.05) is 0 Å². The van der Waals surface area contributed by atoms with Crippen LogP contribution < -0.4 is 0 Å². The van der Waals surface area contributed by atoms with Crippen LogP contribution in [0, 0.1) is 46.9 Å². The molecule has 0 bridgehead atoms. The van der Waals surface area contributed by atoms with Gasteiger partial charge in [0, 0.05) is 46.9 Å².